The minimum Gasteiger partial charge on any atom is -0.478 e. The van der Waals surface area contributed by atoms with Crippen LogP contribution in [0.1, 0.15) is 33.6 Å². The Bertz CT molecular complexity index is 243. The third-order valence-electron chi connectivity index (χ3n) is 1.08. The number of hydrogen-bond acceptors (Lipinski definition) is 4. The van der Waals surface area contributed by atoms with Gasteiger partial charge in [-0.05, 0) is 13.3 Å². The van der Waals surface area contributed by atoms with E-state index in [0.717, 1.165) is 0 Å². The fourth-order valence-corrected chi connectivity index (χ4v) is 0.415. The van der Waals surface area contributed by atoms with Gasteiger partial charge in [-0.2, -0.15) is 0 Å². The van der Waals surface area contributed by atoms with Crippen molar-refractivity contribution < 1.29 is 24.2 Å². The summed E-state index contributed by atoms with van der Waals surface area (Å²) in [6.45, 7) is 7.67. The average Bonchev–Trinajstić information content (AvgIpc) is 2.03. The molecular formula is C10H16O5. The van der Waals surface area contributed by atoms with Gasteiger partial charge in [-0.1, -0.05) is 13.5 Å². The maximum atomic E-state index is 10.4. The summed E-state index contributed by atoms with van der Waals surface area (Å²) in [4.78, 5) is 30.1. The van der Waals surface area contributed by atoms with Crippen molar-refractivity contribution >= 4 is 17.9 Å². The highest BCUT2D eigenvalue weighted by Crippen LogP contribution is 1.90. The molecule has 0 atom stereocenters. The van der Waals surface area contributed by atoms with Crippen molar-refractivity contribution in [2.45, 2.75) is 33.6 Å². The average molecular weight is 216 g/mol. The van der Waals surface area contributed by atoms with Gasteiger partial charge < -0.3 is 9.84 Å². The maximum absolute atomic E-state index is 10.4. The molecule has 0 amide bonds. The SMILES string of the molecule is C=C(C)C(=O)O.CCCC(=O)OC(C)=O. The lowest BCUT2D eigenvalue weighted by molar-refractivity contribution is -0.158. The zero-order chi connectivity index (χ0) is 12.4. The van der Waals surface area contributed by atoms with Gasteiger partial charge in [0, 0.05) is 18.9 Å². The van der Waals surface area contributed by atoms with Crippen LogP contribution in [0.15, 0.2) is 12.2 Å². The van der Waals surface area contributed by atoms with Gasteiger partial charge >= 0.3 is 17.9 Å². The lowest BCUT2D eigenvalue weighted by atomic mass is 10.3. The third kappa shape index (κ3) is 15.1. The normalized spacial score (nSPS) is 8.20. The van der Waals surface area contributed by atoms with E-state index in [2.05, 4.69) is 11.3 Å². The molecule has 15 heavy (non-hydrogen) atoms. The predicted octanol–water partition coefficient (Wildman–Crippen LogP) is 1.52. The van der Waals surface area contributed by atoms with E-state index < -0.39 is 17.9 Å². The summed E-state index contributed by atoms with van der Waals surface area (Å²) < 4.78 is 4.21. The molecule has 5 heteroatoms. The molecule has 0 saturated carbocycles. The Balaban J connectivity index is 0. The first kappa shape index (κ1) is 15.8. The molecular weight excluding hydrogens is 200 g/mol. The fraction of sp³-hybridized carbons (Fsp3) is 0.500. The highest BCUT2D eigenvalue weighted by Gasteiger charge is 2.02. The molecule has 0 aliphatic heterocycles. The number of rotatable bonds is 3. The highest BCUT2D eigenvalue weighted by atomic mass is 16.6. The Morgan fingerprint density at radius 3 is 1.87 bits per heavy atom. The predicted molar refractivity (Wildman–Crippen MR) is 54.1 cm³/mol. The van der Waals surface area contributed by atoms with Gasteiger partial charge in [-0.25, -0.2) is 4.79 Å². The van der Waals surface area contributed by atoms with Crippen molar-refractivity contribution in [2.75, 3.05) is 0 Å². The van der Waals surface area contributed by atoms with Crippen LogP contribution in [0.25, 0.3) is 0 Å². The van der Waals surface area contributed by atoms with E-state index in [0.29, 0.717) is 12.8 Å². The minimum absolute atomic E-state index is 0.176. The number of carboxylic acids is 1. The molecule has 0 aromatic carbocycles. The number of carbonyl (C=O) groups is 3. The van der Waals surface area contributed by atoms with E-state index in [-0.39, 0.29) is 5.57 Å². The van der Waals surface area contributed by atoms with Gasteiger partial charge in [0.2, 0.25) is 0 Å². The molecule has 0 aromatic heterocycles. The van der Waals surface area contributed by atoms with Crippen molar-refractivity contribution in [3.05, 3.63) is 12.2 Å². The first-order valence-electron chi connectivity index (χ1n) is 4.41. The molecule has 0 aliphatic rings. The smallest absolute Gasteiger partial charge is 0.330 e. The molecule has 5 nitrogen and oxygen atoms in total. The molecule has 0 unspecified atom stereocenters. The van der Waals surface area contributed by atoms with Gasteiger partial charge in [-0.3, -0.25) is 9.59 Å². The van der Waals surface area contributed by atoms with Gasteiger partial charge in [0.25, 0.3) is 0 Å². The van der Waals surface area contributed by atoms with Crippen LogP contribution in [0.2, 0.25) is 0 Å². The summed E-state index contributed by atoms with van der Waals surface area (Å²) in [5.74, 6) is -1.91. The molecule has 0 radical (unpaired) electrons. The molecule has 0 fully saturated rings. The molecule has 0 heterocycles. The standard InChI is InChI=1S/C6H10O3.C4H6O2/c1-3-4-6(8)9-5(2)7;1-3(2)4(5)6/h3-4H2,1-2H3;1H2,2H3,(H,5,6). The first-order chi connectivity index (χ1) is 6.81. The van der Waals surface area contributed by atoms with Gasteiger partial charge in [0.1, 0.15) is 0 Å². The summed E-state index contributed by atoms with van der Waals surface area (Å²) >= 11 is 0. The molecule has 0 saturated heterocycles. The number of hydrogen-bond donors (Lipinski definition) is 1. The second-order valence-corrected chi connectivity index (χ2v) is 2.80. The first-order valence-corrected chi connectivity index (χ1v) is 4.41. The highest BCUT2D eigenvalue weighted by molar-refractivity contribution is 5.85. The maximum Gasteiger partial charge on any atom is 0.330 e. The number of esters is 2. The van der Waals surface area contributed by atoms with Gasteiger partial charge in [-0.15, -0.1) is 0 Å². The van der Waals surface area contributed by atoms with Crippen molar-refractivity contribution in [2.24, 2.45) is 0 Å². The summed E-state index contributed by atoms with van der Waals surface area (Å²) in [6.07, 6.45) is 1.03. The van der Waals surface area contributed by atoms with E-state index in [1.807, 2.05) is 6.92 Å². The molecule has 0 rings (SSSR count). The van der Waals surface area contributed by atoms with E-state index in [4.69, 9.17) is 5.11 Å². The van der Waals surface area contributed by atoms with Crippen LogP contribution in [-0.4, -0.2) is 23.0 Å². The van der Waals surface area contributed by atoms with Crippen molar-refractivity contribution in [1.82, 2.24) is 0 Å². The van der Waals surface area contributed by atoms with E-state index in [9.17, 15) is 14.4 Å². The van der Waals surface area contributed by atoms with Gasteiger partial charge in [0.05, 0.1) is 0 Å². The van der Waals surface area contributed by atoms with Crippen LogP contribution < -0.4 is 0 Å². The van der Waals surface area contributed by atoms with Gasteiger partial charge in [0.15, 0.2) is 0 Å². The fourth-order valence-electron chi connectivity index (χ4n) is 0.415. The van der Waals surface area contributed by atoms with E-state index in [1.54, 1.807) is 0 Å². The minimum atomic E-state index is -0.935. The summed E-state index contributed by atoms with van der Waals surface area (Å²) in [5.41, 5.74) is 0.176. The lowest BCUT2D eigenvalue weighted by Crippen LogP contribution is -2.07. The molecule has 0 bridgehead atoms. The monoisotopic (exact) mass is 216 g/mol. The Morgan fingerprint density at radius 1 is 1.27 bits per heavy atom. The number of ether oxygens (including phenoxy) is 1. The zero-order valence-electron chi connectivity index (χ0n) is 9.20. The Morgan fingerprint density at radius 2 is 1.67 bits per heavy atom. The van der Waals surface area contributed by atoms with E-state index in [1.165, 1.54) is 13.8 Å². The van der Waals surface area contributed by atoms with Crippen LogP contribution >= 0.6 is 0 Å². The summed E-state index contributed by atoms with van der Waals surface area (Å²) in [6, 6.07) is 0. The lowest BCUT2D eigenvalue weighted by Gasteiger charge is -1.94. The second-order valence-electron chi connectivity index (χ2n) is 2.80. The number of carboxylic acid groups (broad SMARTS) is 1. The molecule has 0 spiro atoms. The Hall–Kier alpha value is -1.65. The topological polar surface area (TPSA) is 80.7 Å². The Kier molecular flexibility index (Phi) is 9.41. The summed E-state index contributed by atoms with van der Waals surface area (Å²) in [5, 5.41) is 7.89. The van der Waals surface area contributed by atoms with Crippen LogP contribution in [0.4, 0.5) is 0 Å². The van der Waals surface area contributed by atoms with Crippen molar-refractivity contribution in [3.63, 3.8) is 0 Å². The van der Waals surface area contributed by atoms with Crippen LogP contribution in [0.5, 0.6) is 0 Å². The van der Waals surface area contributed by atoms with E-state index >= 15 is 0 Å². The number of aliphatic carboxylic acids is 1. The molecule has 86 valence electrons. The third-order valence-corrected chi connectivity index (χ3v) is 1.08. The van der Waals surface area contributed by atoms with Crippen molar-refractivity contribution in [1.29, 1.82) is 0 Å². The quantitative estimate of drug-likeness (QED) is 0.439. The molecule has 0 aliphatic carbocycles. The molecule has 0 aromatic rings. The zero-order valence-corrected chi connectivity index (χ0v) is 9.20. The van der Waals surface area contributed by atoms with Crippen LogP contribution in [-0.2, 0) is 19.1 Å². The summed E-state index contributed by atoms with van der Waals surface area (Å²) in [7, 11) is 0. The number of carbonyl (C=O) groups excluding carboxylic acids is 2. The Labute approximate surface area is 88.7 Å². The molecule has 1 N–H and O–H groups in total. The van der Waals surface area contributed by atoms with Crippen LogP contribution in [0, 0.1) is 0 Å². The van der Waals surface area contributed by atoms with Crippen molar-refractivity contribution in [3.8, 4) is 0 Å². The second kappa shape index (κ2) is 8.93. The largest absolute Gasteiger partial charge is 0.478 e. The van der Waals surface area contributed by atoms with Crippen LogP contribution in [0.3, 0.4) is 0 Å².